The second-order valence-electron chi connectivity index (χ2n) is 7.69. The third-order valence-corrected chi connectivity index (χ3v) is 7.49. The van der Waals surface area contributed by atoms with Crippen LogP contribution in [-0.2, 0) is 16.2 Å². The molecule has 3 aromatic carbocycles. The van der Waals surface area contributed by atoms with Crippen LogP contribution in [0.5, 0.6) is 0 Å². The normalized spacial score (nSPS) is 19.3. The summed E-state index contributed by atoms with van der Waals surface area (Å²) in [7, 11) is 0. The topological polar surface area (TPSA) is 52.7 Å². The summed E-state index contributed by atoms with van der Waals surface area (Å²) in [4.78, 5) is 28.7. The Labute approximate surface area is 198 Å². The van der Waals surface area contributed by atoms with Gasteiger partial charge >= 0.3 is 6.03 Å². The molecule has 5 rings (SSSR count). The molecular formula is C24H18ClF2N3O2S. The summed E-state index contributed by atoms with van der Waals surface area (Å²) in [6, 6.07) is 16.9. The van der Waals surface area contributed by atoms with Gasteiger partial charge in [-0.2, -0.15) is 0 Å². The first-order valence-electron chi connectivity index (χ1n) is 10.2. The highest BCUT2D eigenvalue weighted by Crippen LogP contribution is 2.54. The lowest BCUT2D eigenvalue weighted by Gasteiger charge is -2.33. The average molecular weight is 486 g/mol. The number of halogens is 3. The number of nitrogens with zero attached hydrogens (tertiary/aromatic N) is 2. The van der Waals surface area contributed by atoms with Gasteiger partial charge in [0.2, 0.25) is 0 Å². The molecule has 0 saturated carbocycles. The van der Waals surface area contributed by atoms with E-state index >= 15 is 0 Å². The van der Waals surface area contributed by atoms with Crippen molar-refractivity contribution in [2.75, 3.05) is 22.5 Å². The second kappa shape index (κ2) is 8.35. The second-order valence-corrected chi connectivity index (χ2v) is 9.41. The van der Waals surface area contributed by atoms with E-state index in [4.69, 9.17) is 11.6 Å². The van der Waals surface area contributed by atoms with Crippen LogP contribution in [0.4, 0.5) is 25.0 Å². The molecule has 168 valence electrons. The average Bonchev–Trinajstić information content (AvgIpc) is 3.35. The van der Waals surface area contributed by atoms with Gasteiger partial charge in [-0.15, -0.1) is 11.8 Å². The van der Waals surface area contributed by atoms with Gasteiger partial charge in [0.1, 0.15) is 11.6 Å². The molecule has 0 aliphatic carbocycles. The van der Waals surface area contributed by atoms with Crippen LogP contribution in [0.15, 0.2) is 66.7 Å². The van der Waals surface area contributed by atoms with Crippen LogP contribution in [0.2, 0.25) is 5.02 Å². The van der Waals surface area contributed by atoms with Gasteiger partial charge in [-0.1, -0.05) is 35.9 Å². The zero-order valence-electron chi connectivity index (χ0n) is 17.2. The SMILES string of the molecule is O=C(Nc1ccc(Cl)cc1)N1CCS[C@@]12C(=O)N(Cc1c(F)cccc1F)c1ccccc12. The highest BCUT2D eigenvalue weighted by Gasteiger charge is 2.59. The number of anilines is 2. The van der Waals surface area contributed by atoms with Crippen molar-refractivity contribution < 1.29 is 18.4 Å². The van der Waals surface area contributed by atoms with Crippen molar-refractivity contribution >= 4 is 46.7 Å². The van der Waals surface area contributed by atoms with Crippen LogP contribution in [0.1, 0.15) is 11.1 Å². The lowest BCUT2D eigenvalue weighted by atomic mass is 10.1. The maximum Gasteiger partial charge on any atom is 0.323 e. The summed E-state index contributed by atoms with van der Waals surface area (Å²) in [6.07, 6.45) is 0. The van der Waals surface area contributed by atoms with E-state index in [1.165, 1.54) is 27.6 Å². The van der Waals surface area contributed by atoms with Crippen molar-refractivity contribution in [2.24, 2.45) is 0 Å². The monoisotopic (exact) mass is 485 g/mol. The summed E-state index contributed by atoms with van der Waals surface area (Å²) < 4.78 is 28.8. The van der Waals surface area contributed by atoms with E-state index in [1.54, 1.807) is 48.5 Å². The van der Waals surface area contributed by atoms with E-state index in [9.17, 15) is 18.4 Å². The van der Waals surface area contributed by atoms with E-state index in [2.05, 4.69) is 5.32 Å². The van der Waals surface area contributed by atoms with Crippen molar-refractivity contribution in [3.05, 3.63) is 94.5 Å². The van der Waals surface area contributed by atoms with Gasteiger partial charge in [0.25, 0.3) is 5.91 Å². The Balaban J connectivity index is 1.52. The molecule has 9 heteroatoms. The molecule has 2 aliphatic rings. The third kappa shape index (κ3) is 3.54. The van der Waals surface area contributed by atoms with Crippen molar-refractivity contribution in [3.63, 3.8) is 0 Å². The van der Waals surface area contributed by atoms with Crippen LogP contribution < -0.4 is 10.2 Å². The lowest BCUT2D eigenvalue weighted by Crippen LogP contribution is -2.51. The van der Waals surface area contributed by atoms with Gasteiger partial charge in [0, 0.05) is 34.1 Å². The number of nitrogens with one attached hydrogen (secondary N) is 1. The summed E-state index contributed by atoms with van der Waals surface area (Å²) in [5.41, 5.74) is 1.50. The van der Waals surface area contributed by atoms with Crippen LogP contribution in [0.25, 0.3) is 0 Å². The number of hydrogen-bond acceptors (Lipinski definition) is 3. The fraction of sp³-hybridized carbons (Fsp3) is 0.167. The maximum atomic E-state index is 14.4. The number of urea groups is 1. The number of thioether (sulfide) groups is 1. The number of fused-ring (bicyclic) bond motifs is 2. The van der Waals surface area contributed by atoms with Gasteiger partial charge < -0.3 is 10.2 Å². The zero-order chi connectivity index (χ0) is 23.2. The highest BCUT2D eigenvalue weighted by molar-refractivity contribution is 8.01. The smallest absolute Gasteiger partial charge is 0.308 e. The van der Waals surface area contributed by atoms with Crippen molar-refractivity contribution in [1.29, 1.82) is 0 Å². The molecule has 0 radical (unpaired) electrons. The minimum atomic E-state index is -1.31. The summed E-state index contributed by atoms with van der Waals surface area (Å²) in [6.45, 7) is 0.0649. The van der Waals surface area contributed by atoms with Crippen LogP contribution in [-0.4, -0.2) is 29.1 Å². The molecule has 1 saturated heterocycles. The molecule has 3 aromatic rings. The summed E-state index contributed by atoms with van der Waals surface area (Å²) >= 11 is 7.26. The Bertz CT molecular complexity index is 1240. The molecule has 0 unspecified atom stereocenters. The fourth-order valence-electron chi connectivity index (χ4n) is 4.29. The Morgan fingerprint density at radius 3 is 2.45 bits per heavy atom. The van der Waals surface area contributed by atoms with E-state index in [-0.39, 0.29) is 12.1 Å². The molecule has 2 aliphatic heterocycles. The first kappa shape index (κ1) is 21.7. The number of benzene rings is 3. The highest BCUT2D eigenvalue weighted by atomic mass is 35.5. The summed E-state index contributed by atoms with van der Waals surface area (Å²) in [5.74, 6) is -1.31. The van der Waals surface area contributed by atoms with Crippen LogP contribution >= 0.6 is 23.4 Å². The van der Waals surface area contributed by atoms with Gasteiger partial charge in [0.05, 0.1) is 12.2 Å². The number of amides is 3. The molecule has 33 heavy (non-hydrogen) atoms. The van der Waals surface area contributed by atoms with Crippen molar-refractivity contribution in [1.82, 2.24) is 4.90 Å². The van der Waals surface area contributed by atoms with Gasteiger partial charge in [-0.3, -0.25) is 9.69 Å². The molecule has 0 aromatic heterocycles. The molecular weight excluding hydrogens is 468 g/mol. The predicted molar refractivity (Wildman–Crippen MR) is 125 cm³/mol. The quantitative estimate of drug-likeness (QED) is 0.525. The van der Waals surface area contributed by atoms with E-state index in [0.29, 0.717) is 34.3 Å². The molecule has 1 fully saturated rings. The minimum Gasteiger partial charge on any atom is -0.308 e. The molecule has 1 spiro atoms. The van der Waals surface area contributed by atoms with Gasteiger partial charge in [0.15, 0.2) is 4.87 Å². The Kier molecular flexibility index (Phi) is 5.50. The minimum absolute atomic E-state index is 0.196. The Morgan fingerprint density at radius 2 is 1.73 bits per heavy atom. The molecule has 0 bridgehead atoms. The summed E-state index contributed by atoms with van der Waals surface area (Å²) in [5, 5.41) is 3.36. The number of rotatable bonds is 3. The molecule has 1 atom stereocenters. The molecule has 1 N–H and O–H groups in total. The zero-order valence-corrected chi connectivity index (χ0v) is 18.8. The largest absolute Gasteiger partial charge is 0.323 e. The maximum absolute atomic E-state index is 14.4. The Morgan fingerprint density at radius 1 is 1.03 bits per heavy atom. The number of carbonyl (C=O) groups excluding carboxylic acids is 2. The van der Waals surface area contributed by atoms with Crippen molar-refractivity contribution in [3.8, 4) is 0 Å². The fourth-order valence-corrected chi connectivity index (χ4v) is 5.88. The molecule has 5 nitrogen and oxygen atoms in total. The van der Waals surface area contributed by atoms with E-state index < -0.39 is 28.4 Å². The standard InChI is InChI=1S/C24H18ClF2N3O2S/c25-15-8-10-16(11-9-15)28-23(32)30-12-13-33-24(30)18-4-1-2-7-21(18)29(22(24)31)14-17-19(26)5-3-6-20(17)27/h1-11H,12-14H2,(H,28,32)/t24-/m0/s1. The first-order valence-corrected chi connectivity index (χ1v) is 11.6. The third-order valence-electron chi connectivity index (χ3n) is 5.82. The number of para-hydroxylation sites is 1. The number of hydrogen-bond donors (Lipinski definition) is 1. The number of carbonyl (C=O) groups is 2. The lowest BCUT2D eigenvalue weighted by molar-refractivity contribution is -0.123. The van der Waals surface area contributed by atoms with Crippen molar-refractivity contribution in [2.45, 2.75) is 11.4 Å². The van der Waals surface area contributed by atoms with E-state index in [0.717, 1.165) is 12.1 Å². The Hall–Kier alpha value is -3.10. The van der Waals surface area contributed by atoms with Gasteiger partial charge in [-0.05, 0) is 42.5 Å². The van der Waals surface area contributed by atoms with Gasteiger partial charge in [-0.25, -0.2) is 13.6 Å². The van der Waals surface area contributed by atoms with E-state index in [1.807, 2.05) is 0 Å². The molecule has 2 heterocycles. The molecule has 3 amide bonds. The predicted octanol–water partition coefficient (Wildman–Crippen LogP) is 5.60. The first-order chi connectivity index (χ1) is 15.9. The van der Waals surface area contributed by atoms with Crippen LogP contribution in [0.3, 0.4) is 0 Å². The van der Waals surface area contributed by atoms with Crippen LogP contribution in [0, 0.1) is 11.6 Å².